The van der Waals surface area contributed by atoms with Crippen LogP contribution in [-0.2, 0) is 4.79 Å². The van der Waals surface area contributed by atoms with Crippen molar-refractivity contribution in [1.29, 1.82) is 5.26 Å². The fourth-order valence-electron chi connectivity index (χ4n) is 2.66. The number of carbonyl (C=O) groups excluding carboxylic acids is 1. The van der Waals surface area contributed by atoms with Gasteiger partial charge in [-0.1, -0.05) is 60.1 Å². The molecule has 6 heteroatoms. The molecule has 0 saturated heterocycles. The van der Waals surface area contributed by atoms with E-state index in [2.05, 4.69) is 11.4 Å². The Labute approximate surface area is 179 Å². The molecule has 0 aliphatic carbocycles. The number of nitrogens with one attached hydrogen (secondary N) is 1. The molecular weight excluding hydrogens is 404 g/mol. The van der Waals surface area contributed by atoms with E-state index in [0.717, 1.165) is 16.0 Å². The Bertz CT molecular complexity index is 1020. The second-order valence-corrected chi connectivity index (χ2v) is 7.64. The van der Waals surface area contributed by atoms with Crippen molar-refractivity contribution in [3.05, 3.63) is 77.8 Å². The van der Waals surface area contributed by atoms with E-state index in [9.17, 15) is 4.79 Å². The van der Waals surface area contributed by atoms with Gasteiger partial charge in [-0.05, 0) is 35.4 Å². The molecule has 0 fully saturated rings. The van der Waals surface area contributed by atoms with Gasteiger partial charge in [-0.15, -0.1) is 11.8 Å². The van der Waals surface area contributed by atoms with Crippen LogP contribution in [0.15, 0.2) is 77.7 Å². The summed E-state index contributed by atoms with van der Waals surface area (Å²) in [6.45, 7) is -0.151. The van der Waals surface area contributed by atoms with Crippen LogP contribution in [-0.4, -0.2) is 18.3 Å². The van der Waals surface area contributed by atoms with Crippen molar-refractivity contribution in [3.8, 4) is 22.9 Å². The van der Waals surface area contributed by atoms with Crippen LogP contribution in [0.5, 0.6) is 5.75 Å². The first kappa shape index (κ1) is 20.8. The Hall–Kier alpha value is -2.94. The van der Waals surface area contributed by atoms with Gasteiger partial charge >= 0.3 is 0 Å². The van der Waals surface area contributed by atoms with Crippen LogP contribution in [0.3, 0.4) is 0 Å². The van der Waals surface area contributed by atoms with Gasteiger partial charge in [0, 0.05) is 17.1 Å². The number of anilines is 1. The number of para-hydroxylation sites is 1. The predicted octanol–water partition coefficient (Wildman–Crippen LogP) is 6.03. The molecule has 0 spiro atoms. The molecule has 0 saturated carbocycles. The summed E-state index contributed by atoms with van der Waals surface area (Å²) in [5, 5.41) is 12.0. The molecule has 29 heavy (non-hydrogen) atoms. The summed E-state index contributed by atoms with van der Waals surface area (Å²) in [7, 11) is 0. The zero-order valence-corrected chi connectivity index (χ0v) is 17.2. The van der Waals surface area contributed by atoms with Gasteiger partial charge in [0.05, 0.1) is 16.8 Å². The van der Waals surface area contributed by atoms with Crippen molar-refractivity contribution in [2.75, 3.05) is 17.7 Å². The van der Waals surface area contributed by atoms with E-state index in [-0.39, 0.29) is 12.5 Å². The van der Waals surface area contributed by atoms with E-state index in [4.69, 9.17) is 21.6 Å². The molecule has 0 unspecified atom stereocenters. The van der Waals surface area contributed by atoms with Gasteiger partial charge in [-0.3, -0.25) is 4.79 Å². The van der Waals surface area contributed by atoms with E-state index >= 15 is 0 Å². The summed E-state index contributed by atoms with van der Waals surface area (Å²) in [6.07, 6.45) is 0.452. The number of hydrogen-bond acceptors (Lipinski definition) is 4. The maximum absolute atomic E-state index is 12.3. The van der Waals surface area contributed by atoms with Crippen LogP contribution in [0.4, 0.5) is 5.69 Å². The molecule has 146 valence electrons. The smallest absolute Gasteiger partial charge is 0.262 e. The molecule has 0 aromatic heterocycles. The van der Waals surface area contributed by atoms with E-state index in [0.29, 0.717) is 28.6 Å². The fourth-order valence-corrected chi connectivity index (χ4v) is 3.76. The van der Waals surface area contributed by atoms with Crippen molar-refractivity contribution in [2.45, 2.75) is 11.3 Å². The van der Waals surface area contributed by atoms with Crippen LogP contribution in [0.1, 0.15) is 6.42 Å². The van der Waals surface area contributed by atoms with Gasteiger partial charge in [0.15, 0.2) is 6.61 Å². The maximum Gasteiger partial charge on any atom is 0.262 e. The molecule has 3 aromatic carbocycles. The van der Waals surface area contributed by atoms with Gasteiger partial charge in [-0.25, -0.2) is 0 Å². The lowest BCUT2D eigenvalue weighted by atomic mass is 10.1. The van der Waals surface area contributed by atoms with Gasteiger partial charge in [0.25, 0.3) is 5.91 Å². The minimum Gasteiger partial charge on any atom is -0.482 e. The first-order valence-corrected chi connectivity index (χ1v) is 10.4. The highest BCUT2D eigenvalue weighted by molar-refractivity contribution is 7.99. The minimum atomic E-state index is -0.276. The van der Waals surface area contributed by atoms with Crippen molar-refractivity contribution < 1.29 is 9.53 Å². The molecule has 0 radical (unpaired) electrons. The number of nitriles is 1. The second kappa shape index (κ2) is 10.6. The Kier molecular flexibility index (Phi) is 7.57. The molecule has 0 atom stereocenters. The number of thioether (sulfide) groups is 1. The molecule has 4 nitrogen and oxygen atoms in total. The van der Waals surface area contributed by atoms with Crippen LogP contribution >= 0.6 is 23.4 Å². The minimum absolute atomic E-state index is 0.151. The number of carbonyl (C=O) groups is 1. The molecule has 0 aliphatic rings. The lowest BCUT2D eigenvalue weighted by Gasteiger charge is -2.12. The van der Waals surface area contributed by atoms with E-state index < -0.39 is 0 Å². The largest absolute Gasteiger partial charge is 0.482 e. The standard InChI is InChI=1S/C23H19ClN2O2S/c24-19-15-18(17-7-2-1-3-8-17)11-12-21(19)28-16-23(27)26-20-9-4-5-10-22(20)29-14-6-13-25/h1-5,7-12,15H,6,14,16H2,(H,26,27). The Morgan fingerprint density at radius 1 is 1.03 bits per heavy atom. The third-order valence-electron chi connectivity index (χ3n) is 4.03. The number of rotatable bonds is 8. The molecule has 3 rings (SSSR count). The zero-order chi connectivity index (χ0) is 20.5. The van der Waals surface area contributed by atoms with Crippen LogP contribution < -0.4 is 10.1 Å². The van der Waals surface area contributed by atoms with Crippen molar-refractivity contribution in [3.63, 3.8) is 0 Å². The normalized spacial score (nSPS) is 10.2. The fraction of sp³-hybridized carbons (Fsp3) is 0.130. The monoisotopic (exact) mass is 422 g/mol. The van der Waals surface area contributed by atoms with Crippen LogP contribution in [0.25, 0.3) is 11.1 Å². The average molecular weight is 423 g/mol. The van der Waals surface area contributed by atoms with E-state index in [1.807, 2.05) is 66.7 Å². The molecule has 0 aliphatic heterocycles. The Morgan fingerprint density at radius 2 is 1.79 bits per heavy atom. The van der Waals surface area contributed by atoms with Gasteiger partial charge in [0.2, 0.25) is 0 Å². The molecular formula is C23H19ClN2O2S. The molecule has 1 amide bonds. The summed E-state index contributed by atoms with van der Waals surface area (Å²) >= 11 is 7.86. The van der Waals surface area contributed by atoms with Crippen LogP contribution in [0.2, 0.25) is 5.02 Å². The lowest BCUT2D eigenvalue weighted by molar-refractivity contribution is -0.118. The molecule has 0 heterocycles. The summed E-state index contributed by atoms with van der Waals surface area (Å²) in [6, 6.07) is 25.0. The third-order valence-corrected chi connectivity index (χ3v) is 5.40. The summed E-state index contributed by atoms with van der Waals surface area (Å²) in [5.41, 5.74) is 2.74. The summed E-state index contributed by atoms with van der Waals surface area (Å²) in [5.74, 6) is 0.850. The predicted molar refractivity (Wildman–Crippen MR) is 118 cm³/mol. The van der Waals surface area contributed by atoms with Crippen molar-refractivity contribution >= 4 is 35.0 Å². The number of benzene rings is 3. The highest BCUT2D eigenvalue weighted by Crippen LogP contribution is 2.31. The van der Waals surface area contributed by atoms with E-state index in [1.54, 1.807) is 6.07 Å². The lowest BCUT2D eigenvalue weighted by Crippen LogP contribution is -2.20. The third kappa shape index (κ3) is 6.02. The number of amides is 1. The van der Waals surface area contributed by atoms with Gasteiger partial charge in [0.1, 0.15) is 5.75 Å². The van der Waals surface area contributed by atoms with Gasteiger partial charge in [-0.2, -0.15) is 5.26 Å². The Balaban J connectivity index is 1.59. The number of nitrogens with zero attached hydrogens (tertiary/aromatic N) is 1. The zero-order valence-electron chi connectivity index (χ0n) is 15.6. The number of halogens is 1. The van der Waals surface area contributed by atoms with Crippen molar-refractivity contribution in [2.24, 2.45) is 0 Å². The number of ether oxygens (including phenoxy) is 1. The highest BCUT2D eigenvalue weighted by Gasteiger charge is 2.10. The quantitative estimate of drug-likeness (QED) is 0.355. The average Bonchev–Trinajstić information content (AvgIpc) is 2.75. The topological polar surface area (TPSA) is 62.1 Å². The van der Waals surface area contributed by atoms with Crippen LogP contribution in [0, 0.1) is 11.3 Å². The second-order valence-electron chi connectivity index (χ2n) is 6.10. The SMILES string of the molecule is N#CCCSc1ccccc1NC(=O)COc1ccc(-c2ccccc2)cc1Cl. The summed E-state index contributed by atoms with van der Waals surface area (Å²) < 4.78 is 5.61. The molecule has 0 bridgehead atoms. The van der Waals surface area contributed by atoms with Gasteiger partial charge < -0.3 is 10.1 Å². The first-order valence-electron chi connectivity index (χ1n) is 9.04. The molecule has 3 aromatic rings. The number of hydrogen-bond donors (Lipinski definition) is 1. The molecule has 1 N–H and O–H groups in total. The summed E-state index contributed by atoms with van der Waals surface area (Å²) in [4.78, 5) is 13.2. The van der Waals surface area contributed by atoms with Crippen molar-refractivity contribution in [1.82, 2.24) is 0 Å². The first-order chi connectivity index (χ1) is 14.2. The maximum atomic E-state index is 12.3. The highest BCUT2D eigenvalue weighted by atomic mass is 35.5. The Morgan fingerprint density at radius 3 is 2.55 bits per heavy atom. The van der Waals surface area contributed by atoms with E-state index in [1.165, 1.54) is 11.8 Å².